The average Bonchev–Trinajstić information content (AvgIpc) is 2.46. The van der Waals surface area contributed by atoms with Gasteiger partial charge in [-0.05, 0) is 90.9 Å². The molecule has 0 aromatic carbocycles. The Morgan fingerprint density at radius 2 is 1.00 bits per heavy atom. The normalized spacial score (nSPS) is 32.2. The quantitative estimate of drug-likeness (QED) is 0.425. The van der Waals surface area contributed by atoms with Gasteiger partial charge in [-0.1, -0.05) is 0 Å². The number of hydrogen-bond acceptors (Lipinski definition) is 3. The lowest BCUT2D eigenvalue weighted by molar-refractivity contribution is -0.0277. The molecule has 0 aliphatic heterocycles. The number of rotatable bonds is 4. The summed E-state index contributed by atoms with van der Waals surface area (Å²) in [6.45, 7) is 8.25. The molecule has 0 spiro atoms. The molecule has 24 heavy (non-hydrogen) atoms. The summed E-state index contributed by atoms with van der Waals surface area (Å²) in [6, 6.07) is 0. The number of carbonyl (C=O) groups excluding carboxylic acids is 1. The third-order valence-corrected chi connectivity index (χ3v) is 6.43. The molecule has 0 heterocycles. The van der Waals surface area contributed by atoms with Crippen molar-refractivity contribution in [2.75, 3.05) is 0 Å². The van der Waals surface area contributed by atoms with Crippen molar-refractivity contribution in [3.8, 4) is 0 Å². The fourth-order valence-corrected chi connectivity index (χ4v) is 4.47. The molecule has 2 aliphatic carbocycles. The zero-order valence-electron chi connectivity index (χ0n) is 15.4. The Bertz CT molecular complexity index is 371. The van der Waals surface area contributed by atoms with Gasteiger partial charge in [-0.3, -0.25) is 0 Å². The van der Waals surface area contributed by atoms with Crippen LogP contribution in [0.3, 0.4) is 0 Å². The molecule has 2 rings (SSSR count). The molecular formula is C19H32Cl2O3. The second-order valence-electron chi connectivity index (χ2n) is 8.56. The van der Waals surface area contributed by atoms with Gasteiger partial charge in [0.2, 0.25) is 0 Å². The molecule has 2 fully saturated rings. The molecule has 2 saturated carbocycles. The van der Waals surface area contributed by atoms with Crippen molar-refractivity contribution >= 4 is 29.4 Å². The molecule has 140 valence electrons. The Morgan fingerprint density at radius 3 is 1.25 bits per heavy atom. The first-order valence-electron chi connectivity index (χ1n) is 9.31. The Morgan fingerprint density at radius 1 is 0.708 bits per heavy atom. The molecule has 5 heteroatoms. The molecule has 0 amide bonds. The number of alkyl halides is 2. The van der Waals surface area contributed by atoms with Gasteiger partial charge in [0, 0.05) is 9.75 Å². The first-order valence-corrected chi connectivity index (χ1v) is 10.1. The van der Waals surface area contributed by atoms with E-state index in [1.165, 1.54) is 0 Å². The van der Waals surface area contributed by atoms with Gasteiger partial charge in [-0.2, -0.15) is 0 Å². The predicted octanol–water partition coefficient (Wildman–Crippen LogP) is 6.29. The van der Waals surface area contributed by atoms with E-state index in [-0.39, 0.29) is 22.0 Å². The van der Waals surface area contributed by atoms with Crippen LogP contribution in [-0.4, -0.2) is 28.1 Å². The Labute approximate surface area is 156 Å². The van der Waals surface area contributed by atoms with Crippen molar-refractivity contribution in [1.29, 1.82) is 0 Å². The largest absolute Gasteiger partial charge is 0.508 e. The topological polar surface area (TPSA) is 35.5 Å². The van der Waals surface area contributed by atoms with Crippen LogP contribution in [0.2, 0.25) is 0 Å². The molecule has 3 nitrogen and oxygen atoms in total. The van der Waals surface area contributed by atoms with Crippen LogP contribution in [-0.2, 0) is 9.47 Å². The Kier molecular flexibility index (Phi) is 6.75. The SMILES string of the molecule is CC(C)(Cl)C1CCC(OC(=O)OC2CCC(C(C)(C)Cl)CC2)CC1. The van der Waals surface area contributed by atoms with Crippen LogP contribution in [0.1, 0.15) is 79.1 Å². The van der Waals surface area contributed by atoms with E-state index >= 15 is 0 Å². The highest BCUT2D eigenvalue weighted by Crippen LogP contribution is 2.39. The molecule has 0 aromatic rings. The molecule has 0 radical (unpaired) electrons. The zero-order chi connectivity index (χ0) is 18.0. The minimum atomic E-state index is -0.503. The fraction of sp³-hybridized carbons (Fsp3) is 0.947. The molecule has 0 bridgehead atoms. The van der Waals surface area contributed by atoms with Gasteiger partial charge in [-0.15, -0.1) is 23.2 Å². The number of hydrogen-bond donors (Lipinski definition) is 0. The molecule has 0 aromatic heterocycles. The van der Waals surface area contributed by atoms with Crippen LogP contribution in [0, 0.1) is 11.8 Å². The van der Waals surface area contributed by atoms with Gasteiger partial charge in [0.25, 0.3) is 0 Å². The van der Waals surface area contributed by atoms with Gasteiger partial charge in [0.1, 0.15) is 12.2 Å². The Hall–Kier alpha value is -0.150. The second kappa shape index (κ2) is 8.03. The maximum atomic E-state index is 12.0. The average molecular weight is 379 g/mol. The fourth-order valence-electron chi connectivity index (χ4n) is 4.03. The van der Waals surface area contributed by atoms with Crippen molar-refractivity contribution in [3.63, 3.8) is 0 Å². The number of halogens is 2. The zero-order valence-corrected chi connectivity index (χ0v) is 17.0. The van der Waals surface area contributed by atoms with Gasteiger partial charge in [0.05, 0.1) is 0 Å². The minimum Gasteiger partial charge on any atom is -0.431 e. The van der Waals surface area contributed by atoms with Gasteiger partial charge < -0.3 is 9.47 Å². The van der Waals surface area contributed by atoms with E-state index in [0.29, 0.717) is 11.8 Å². The maximum Gasteiger partial charge on any atom is 0.508 e. The summed E-state index contributed by atoms with van der Waals surface area (Å²) >= 11 is 12.8. The lowest BCUT2D eigenvalue weighted by Crippen LogP contribution is -2.35. The van der Waals surface area contributed by atoms with Crippen LogP contribution in [0.25, 0.3) is 0 Å². The van der Waals surface area contributed by atoms with Crippen molar-refractivity contribution in [2.45, 2.75) is 101 Å². The Balaban J connectivity index is 1.68. The van der Waals surface area contributed by atoms with Gasteiger partial charge in [0.15, 0.2) is 0 Å². The van der Waals surface area contributed by atoms with E-state index in [1.54, 1.807) is 0 Å². The predicted molar refractivity (Wildman–Crippen MR) is 98.9 cm³/mol. The minimum absolute atomic E-state index is 0.0223. The van der Waals surface area contributed by atoms with Crippen molar-refractivity contribution < 1.29 is 14.3 Å². The summed E-state index contributed by atoms with van der Waals surface area (Å²) in [7, 11) is 0. The van der Waals surface area contributed by atoms with Gasteiger partial charge in [-0.25, -0.2) is 4.79 Å². The van der Waals surface area contributed by atoms with Crippen molar-refractivity contribution in [2.24, 2.45) is 11.8 Å². The summed E-state index contributed by atoms with van der Waals surface area (Å²) in [5, 5.41) is 0. The van der Waals surface area contributed by atoms with E-state index in [0.717, 1.165) is 51.4 Å². The molecule has 0 saturated heterocycles. The van der Waals surface area contributed by atoms with Gasteiger partial charge >= 0.3 is 6.16 Å². The lowest BCUT2D eigenvalue weighted by atomic mass is 9.80. The standard InChI is InChI=1S/C19H32Cl2O3/c1-18(2,20)13-5-9-15(10-6-13)23-17(22)24-16-11-7-14(8-12-16)19(3,4)21/h13-16H,5-12H2,1-4H3. The van der Waals surface area contributed by atoms with Crippen LogP contribution >= 0.6 is 23.2 Å². The summed E-state index contributed by atoms with van der Waals surface area (Å²) < 4.78 is 11.0. The third-order valence-electron chi connectivity index (χ3n) is 5.82. The van der Waals surface area contributed by atoms with Crippen molar-refractivity contribution in [1.82, 2.24) is 0 Å². The number of carbonyl (C=O) groups is 1. The summed E-state index contributed by atoms with van der Waals surface area (Å²) in [5.41, 5.74) is 0. The number of ether oxygens (including phenoxy) is 2. The van der Waals surface area contributed by atoms with E-state index in [9.17, 15) is 4.79 Å². The highest BCUT2D eigenvalue weighted by atomic mass is 35.5. The van der Waals surface area contributed by atoms with Crippen LogP contribution < -0.4 is 0 Å². The highest BCUT2D eigenvalue weighted by molar-refractivity contribution is 6.23. The summed E-state index contributed by atoms with van der Waals surface area (Å²) in [4.78, 5) is 11.7. The smallest absolute Gasteiger partial charge is 0.431 e. The van der Waals surface area contributed by atoms with E-state index in [2.05, 4.69) is 27.7 Å². The molecule has 2 aliphatic rings. The van der Waals surface area contributed by atoms with Crippen molar-refractivity contribution in [3.05, 3.63) is 0 Å². The highest BCUT2D eigenvalue weighted by Gasteiger charge is 2.35. The summed E-state index contributed by atoms with van der Waals surface area (Å²) in [5.74, 6) is 0.980. The molecular weight excluding hydrogens is 347 g/mol. The third kappa shape index (κ3) is 5.98. The lowest BCUT2D eigenvalue weighted by Gasteiger charge is -2.36. The van der Waals surface area contributed by atoms with Crippen LogP contribution in [0.5, 0.6) is 0 Å². The van der Waals surface area contributed by atoms with Crippen LogP contribution in [0.4, 0.5) is 4.79 Å². The first kappa shape index (κ1) is 20.2. The van der Waals surface area contributed by atoms with E-state index in [1.807, 2.05) is 0 Å². The van der Waals surface area contributed by atoms with E-state index < -0.39 is 6.16 Å². The molecule has 0 unspecified atom stereocenters. The summed E-state index contributed by atoms with van der Waals surface area (Å²) in [6.07, 6.45) is 6.98. The maximum absolute atomic E-state index is 12.0. The van der Waals surface area contributed by atoms with E-state index in [4.69, 9.17) is 32.7 Å². The second-order valence-corrected chi connectivity index (χ2v) is 10.5. The first-order chi connectivity index (χ1) is 11.1. The monoisotopic (exact) mass is 378 g/mol. The van der Waals surface area contributed by atoms with Crippen LogP contribution in [0.15, 0.2) is 0 Å². The molecule has 0 atom stereocenters. The molecule has 0 N–H and O–H groups in total.